The summed E-state index contributed by atoms with van der Waals surface area (Å²) in [5.74, 6) is 0.548. The molecule has 0 spiro atoms. The average Bonchev–Trinajstić information content (AvgIpc) is 3.02. The highest BCUT2D eigenvalue weighted by Crippen LogP contribution is 2.27. The van der Waals surface area contributed by atoms with Crippen molar-refractivity contribution >= 4 is 22.7 Å². The first-order valence-corrected chi connectivity index (χ1v) is 8.61. The Morgan fingerprint density at radius 1 is 1.08 bits per heavy atom. The van der Waals surface area contributed by atoms with Gasteiger partial charge in [-0.15, -0.1) is 0 Å². The number of Topliss-reactive ketones (excluding diaryl/α,β-unsaturated/α-hetero) is 1. The number of aromatic nitrogens is 2. The van der Waals surface area contributed by atoms with E-state index < -0.39 is 0 Å². The quantitative estimate of drug-likeness (QED) is 0.717. The summed E-state index contributed by atoms with van der Waals surface area (Å²) in [4.78, 5) is 33.9. The molecule has 0 atom stereocenters. The monoisotopic (exact) mass is 351 g/mol. The Morgan fingerprint density at radius 2 is 1.81 bits per heavy atom. The lowest BCUT2D eigenvalue weighted by Crippen LogP contribution is -2.48. The number of benzene rings is 2. The lowest BCUT2D eigenvalue weighted by Gasteiger charge is -2.38. The number of aromatic amines is 1. The third-order valence-corrected chi connectivity index (χ3v) is 4.76. The molecule has 1 saturated heterocycles. The number of ketones is 1. The van der Waals surface area contributed by atoms with Gasteiger partial charge in [0.15, 0.2) is 5.78 Å². The van der Waals surface area contributed by atoms with Gasteiger partial charge in [-0.3, -0.25) is 9.59 Å². The largest absolute Gasteiger partial charge is 0.342 e. The zero-order chi connectivity index (χ0) is 18.1. The maximum Gasteiger partial charge on any atom is 0.223 e. The molecular formula is C20H18FN3O2. The minimum Gasteiger partial charge on any atom is -0.342 e. The van der Waals surface area contributed by atoms with Gasteiger partial charge in [-0.25, -0.2) is 9.37 Å². The molecule has 0 radical (unpaired) electrons. The van der Waals surface area contributed by atoms with Gasteiger partial charge in [0.2, 0.25) is 5.91 Å². The molecule has 1 fully saturated rings. The molecule has 6 heteroatoms. The van der Waals surface area contributed by atoms with Crippen LogP contribution >= 0.6 is 0 Å². The second kappa shape index (κ2) is 6.71. The third kappa shape index (κ3) is 3.22. The maximum absolute atomic E-state index is 12.9. The van der Waals surface area contributed by atoms with Crippen LogP contribution in [0, 0.1) is 5.82 Å². The smallest absolute Gasteiger partial charge is 0.223 e. The average molecular weight is 351 g/mol. The minimum absolute atomic E-state index is 0.0344. The highest BCUT2D eigenvalue weighted by molar-refractivity contribution is 5.98. The van der Waals surface area contributed by atoms with E-state index in [-0.39, 0.29) is 36.3 Å². The summed E-state index contributed by atoms with van der Waals surface area (Å²) in [5.41, 5.74) is 2.36. The molecule has 2 heterocycles. The highest BCUT2D eigenvalue weighted by atomic mass is 19.1. The van der Waals surface area contributed by atoms with Gasteiger partial charge in [-0.2, -0.15) is 0 Å². The number of carbonyl (C=O) groups is 2. The summed E-state index contributed by atoms with van der Waals surface area (Å²) in [6.07, 6.45) is 0.305. The Kier molecular flexibility index (Phi) is 4.24. The molecule has 1 aromatic heterocycles. The molecule has 0 aliphatic carbocycles. The fourth-order valence-electron chi connectivity index (χ4n) is 3.18. The molecule has 1 aliphatic rings. The summed E-state index contributed by atoms with van der Waals surface area (Å²) < 4.78 is 12.9. The lowest BCUT2D eigenvalue weighted by molar-refractivity contribution is -0.135. The molecule has 5 nitrogen and oxygen atoms in total. The van der Waals surface area contributed by atoms with Crippen LogP contribution in [0.15, 0.2) is 48.5 Å². The Hall–Kier alpha value is -3.02. The number of halogens is 1. The van der Waals surface area contributed by atoms with Crippen LogP contribution < -0.4 is 0 Å². The van der Waals surface area contributed by atoms with Gasteiger partial charge >= 0.3 is 0 Å². The SMILES string of the molecule is O=C(CCC(=O)N1CC(c2nc3ccccc3[nH]2)C1)c1ccc(F)cc1. The van der Waals surface area contributed by atoms with Crippen LogP contribution in [0.25, 0.3) is 11.0 Å². The van der Waals surface area contributed by atoms with Crippen LogP contribution in [0.2, 0.25) is 0 Å². The van der Waals surface area contributed by atoms with Gasteiger partial charge in [-0.1, -0.05) is 12.1 Å². The van der Waals surface area contributed by atoms with Crippen molar-refractivity contribution < 1.29 is 14.0 Å². The van der Waals surface area contributed by atoms with Gasteiger partial charge < -0.3 is 9.88 Å². The first kappa shape index (κ1) is 16.4. The number of rotatable bonds is 5. The second-order valence-corrected chi connectivity index (χ2v) is 6.56. The molecule has 4 rings (SSSR count). The van der Waals surface area contributed by atoms with Crippen LogP contribution in [0.4, 0.5) is 4.39 Å². The number of imidazole rings is 1. The van der Waals surface area contributed by atoms with Crippen molar-refractivity contribution in [2.45, 2.75) is 18.8 Å². The van der Waals surface area contributed by atoms with Gasteiger partial charge in [0.1, 0.15) is 11.6 Å². The van der Waals surface area contributed by atoms with Crippen LogP contribution in [0.5, 0.6) is 0 Å². The number of nitrogens with zero attached hydrogens (tertiary/aromatic N) is 2. The molecule has 132 valence electrons. The number of nitrogens with one attached hydrogen (secondary N) is 1. The Balaban J connectivity index is 1.29. The molecule has 26 heavy (non-hydrogen) atoms. The van der Waals surface area contributed by atoms with Crippen LogP contribution in [0.3, 0.4) is 0 Å². The van der Waals surface area contributed by atoms with Crippen LogP contribution in [-0.2, 0) is 4.79 Å². The number of H-pyrrole nitrogens is 1. The van der Waals surface area contributed by atoms with Gasteiger partial charge in [0, 0.05) is 31.5 Å². The number of fused-ring (bicyclic) bond motifs is 1. The van der Waals surface area contributed by atoms with E-state index in [1.165, 1.54) is 24.3 Å². The summed E-state index contributed by atoms with van der Waals surface area (Å²) in [6.45, 7) is 1.23. The van der Waals surface area contributed by atoms with Crippen molar-refractivity contribution in [3.05, 3.63) is 65.7 Å². The zero-order valence-corrected chi connectivity index (χ0v) is 14.1. The Bertz CT molecular complexity index is 926. The summed E-state index contributed by atoms with van der Waals surface area (Å²) in [5, 5.41) is 0. The highest BCUT2D eigenvalue weighted by Gasteiger charge is 2.33. The topological polar surface area (TPSA) is 66.1 Å². The van der Waals surface area contributed by atoms with Crippen molar-refractivity contribution in [1.29, 1.82) is 0 Å². The summed E-state index contributed by atoms with van der Waals surface area (Å²) >= 11 is 0. The van der Waals surface area contributed by atoms with Gasteiger partial charge in [0.25, 0.3) is 0 Å². The van der Waals surface area contributed by atoms with E-state index in [9.17, 15) is 14.0 Å². The van der Waals surface area contributed by atoms with Crippen molar-refractivity contribution in [3.63, 3.8) is 0 Å². The molecule has 1 N–H and O–H groups in total. The fraction of sp³-hybridized carbons (Fsp3) is 0.250. The van der Waals surface area contributed by atoms with Crippen molar-refractivity contribution in [3.8, 4) is 0 Å². The number of likely N-dealkylation sites (tertiary alicyclic amines) is 1. The third-order valence-electron chi connectivity index (χ3n) is 4.76. The first-order chi connectivity index (χ1) is 12.6. The molecule has 0 saturated carbocycles. The first-order valence-electron chi connectivity index (χ1n) is 8.61. The zero-order valence-electron chi connectivity index (χ0n) is 14.1. The van der Waals surface area contributed by atoms with Gasteiger partial charge in [-0.05, 0) is 36.4 Å². The van der Waals surface area contributed by atoms with Crippen LogP contribution in [-0.4, -0.2) is 39.6 Å². The molecule has 0 bridgehead atoms. The number of para-hydroxylation sites is 2. The second-order valence-electron chi connectivity index (χ2n) is 6.56. The Labute approximate surface area is 149 Å². The predicted octanol–water partition coefficient (Wildman–Crippen LogP) is 3.29. The molecular weight excluding hydrogens is 333 g/mol. The minimum atomic E-state index is -0.380. The standard InChI is InChI=1S/C20H18FN3O2/c21-15-7-5-13(6-8-15)18(25)9-10-19(26)24-11-14(12-24)20-22-16-3-1-2-4-17(16)23-20/h1-8,14H,9-12H2,(H,22,23). The van der Waals surface area contributed by atoms with Gasteiger partial charge in [0.05, 0.1) is 17.0 Å². The lowest BCUT2D eigenvalue weighted by atomic mass is 9.98. The molecule has 2 aromatic carbocycles. The van der Waals surface area contributed by atoms with E-state index in [0.29, 0.717) is 18.7 Å². The van der Waals surface area contributed by atoms with Crippen LogP contribution in [0.1, 0.15) is 34.9 Å². The van der Waals surface area contributed by atoms with E-state index in [1.54, 1.807) is 4.90 Å². The van der Waals surface area contributed by atoms with E-state index in [4.69, 9.17) is 0 Å². The number of carbonyl (C=O) groups excluding carboxylic acids is 2. The molecule has 1 amide bonds. The molecule has 3 aromatic rings. The molecule has 1 aliphatic heterocycles. The maximum atomic E-state index is 12.9. The summed E-state index contributed by atoms with van der Waals surface area (Å²) in [6, 6.07) is 13.2. The van der Waals surface area contributed by atoms with E-state index in [2.05, 4.69) is 9.97 Å². The number of hydrogen-bond donors (Lipinski definition) is 1. The van der Waals surface area contributed by atoms with Crippen molar-refractivity contribution in [2.24, 2.45) is 0 Å². The van der Waals surface area contributed by atoms with Crippen molar-refractivity contribution in [1.82, 2.24) is 14.9 Å². The normalized spacial score (nSPS) is 14.4. The fourth-order valence-corrected chi connectivity index (χ4v) is 3.18. The number of amides is 1. The van der Waals surface area contributed by atoms with E-state index in [1.807, 2.05) is 24.3 Å². The van der Waals surface area contributed by atoms with Crippen molar-refractivity contribution in [2.75, 3.05) is 13.1 Å². The summed E-state index contributed by atoms with van der Waals surface area (Å²) in [7, 11) is 0. The van der Waals surface area contributed by atoms with E-state index >= 15 is 0 Å². The Morgan fingerprint density at radius 3 is 2.54 bits per heavy atom. The molecule has 0 unspecified atom stereocenters. The predicted molar refractivity (Wildman–Crippen MR) is 95.4 cm³/mol. The number of hydrogen-bond acceptors (Lipinski definition) is 3. The van der Waals surface area contributed by atoms with E-state index in [0.717, 1.165) is 16.9 Å².